The van der Waals surface area contributed by atoms with E-state index in [1.54, 1.807) is 0 Å². The molecule has 1 heterocycles. The molecule has 3 heteroatoms. The number of hydrogen-bond donors (Lipinski definition) is 0. The Balaban J connectivity index is 3.46. The molecule has 0 saturated heterocycles. The Bertz CT molecular complexity index is 270. The van der Waals surface area contributed by atoms with E-state index in [0.717, 1.165) is 21.4 Å². The number of aromatic nitrogens is 1. The molecule has 0 fully saturated rings. The molecule has 59 valence electrons. The maximum absolute atomic E-state index is 11.0. The fourth-order valence-corrected chi connectivity index (χ4v) is 1.26. The first kappa shape index (κ1) is 8.53. The topological polar surface area (TPSA) is 26.9 Å². The van der Waals surface area contributed by atoms with E-state index in [2.05, 4.69) is 22.1 Å². The quantitative estimate of drug-likeness (QED) is 0.368. The van der Waals surface area contributed by atoms with Crippen LogP contribution in [0.4, 0.5) is 0 Å². The number of pyridine rings is 1. The third-order valence-electron chi connectivity index (χ3n) is 1.88. The molecule has 0 spiro atoms. The fourth-order valence-electron chi connectivity index (χ4n) is 0.874. The minimum Gasteiger partial charge on any atom is -0.617 e. The van der Waals surface area contributed by atoms with Crippen molar-refractivity contribution in [3.05, 3.63) is 32.7 Å². The van der Waals surface area contributed by atoms with Gasteiger partial charge in [-0.15, -0.1) is 0 Å². The number of rotatable bonds is 0. The van der Waals surface area contributed by atoms with Crippen molar-refractivity contribution in [2.24, 2.45) is 0 Å². The molecule has 1 radical (unpaired) electrons. The van der Waals surface area contributed by atoms with Crippen LogP contribution in [-0.4, -0.2) is 0 Å². The van der Waals surface area contributed by atoms with E-state index >= 15 is 0 Å². The Labute approximate surface area is 74.6 Å². The standard InChI is InChI=1S/C8H9BrNO/c1-5-4-10(11)8(9)7(3)6(5)2/h1-3H3. The Morgan fingerprint density at radius 1 is 1.27 bits per heavy atom. The molecule has 1 aromatic rings. The summed E-state index contributed by atoms with van der Waals surface area (Å²) in [7, 11) is 0. The summed E-state index contributed by atoms with van der Waals surface area (Å²) in [6.07, 6.45) is 2.66. The van der Waals surface area contributed by atoms with Gasteiger partial charge in [0.15, 0.2) is 0 Å². The van der Waals surface area contributed by atoms with Gasteiger partial charge in [0.2, 0.25) is 0 Å². The fraction of sp³-hybridized carbons (Fsp3) is 0.375. The van der Waals surface area contributed by atoms with Crippen LogP contribution in [0.25, 0.3) is 0 Å². The second kappa shape index (κ2) is 2.81. The minimum atomic E-state index is 0.556. The van der Waals surface area contributed by atoms with Crippen molar-refractivity contribution in [2.75, 3.05) is 0 Å². The molecule has 0 bridgehead atoms. The summed E-state index contributed by atoms with van der Waals surface area (Å²) in [5, 5.41) is 11.0. The SMILES string of the molecule is Cc1[c][n+]([O-])c(Br)c(C)c1C. The van der Waals surface area contributed by atoms with Crippen LogP contribution >= 0.6 is 15.9 Å². The zero-order valence-corrected chi connectivity index (χ0v) is 8.32. The van der Waals surface area contributed by atoms with Gasteiger partial charge in [0.1, 0.15) is 0 Å². The van der Waals surface area contributed by atoms with Crippen LogP contribution in [0.15, 0.2) is 4.60 Å². The van der Waals surface area contributed by atoms with Crippen LogP contribution < -0.4 is 4.73 Å². The van der Waals surface area contributed by atoms with E-state index in [4.69, 9.17) is 0 Å². The number of nitrogens with zero attached hydrogens (tertiary/aromatic N) is 1. The molecular formula is C8H9BrNO. The average molecular weight is 215 g/mol. The van der Waals surface area contributed by atoms with E-state index in [1.807, 2.05) is 20.8 Å². The van der Waals surface area contributed by atoms with Gasteiger partial charge < -0.3 is 5.21 Å². The van der Waals surface area contributed by atoms with E-state index < -0.39 is 0 Å². The van der Waals surface area contributed by atoms with E-state index in [1.165, 1.54) is 0 Å². The van der Waals surface area contributed by atoms with Gasteiger partial charge in [0.05, 0.1) is 0 Å². The Morgan fingerprint density at radius 2 is 1.82 bits per heavy atom. The highest BCUT2D eigenvalue weighted by Gasteiger charge is 2.11. The summed E-state index contributed by atoms with van der Waals surface area (Å²) in [5.41, 5.74) is 3.00. The zero-order chi connectivity index (χ0) is 8.59. The third-order valence-corrected chi connectivity index (χ3v) is 2.80. The molecule has 0 aliphatic carbocycles. The lowest BCUT2D eigenvalue weighted by atomic mass is 10.1. The highest BCUT2D eigenvalue weighted by Crippen LogP contribution is 2.16. The lowest BCUT2D eigenvalue weighted by molar-refractivity contribution is -0.622. The summed E-state index contributed by atoms with van der Waals surface area (Å²) in [6, 6.07) is 0. The molecule has 1 aromatic heterocycles. The predicted molar refractivity (Wildman–Crippen MR) is 46.1 cm³/mol. The molecule has 0 unspecified atom stereocenters. The molecular weight excluding hydrogens is 206 g/mol. The van der Waals surface area contributed by atoms with Gasteiger partial charge in [0, 0.05) is 27.1 Å². The van der Waals surface area contributed by atoms with Crippen molar-refractivity contribution in [3.8, 4) is 0 Å². The monoisotopic (exact) mass is 214 g/mol. The van der Waals surface area contributed by atoms with E-state index in [0.29, 0.717) is 4.60 Å². The molecule has 0 N–H and O–H groups in total. The molecule has 0 aliphatic rings. The normalized spacial score (nSPS) is 10.2. The lowest BCUT2D eigenvalue weighted by Gasteiger charge is -2.05. The van der Waals surface area contributed by atoms with Crippen LogP contribution in [0.3, 0.4) is 0 Å². The minimum absolute atomic E-state index is 0.556. The van der Waals surface area contributed by atoms with E-state index in [9.17, 15) is 5.21 Å². The molecule has 2 nitrogen and oxygen atoms in total. The largest absolute Gasteiger partial charge is 0.617 e. The summed E-state index contributed by atoms with van der Waals surface area (Å²) >= 11 is 3.18. The first-order chi connectivity index (χ1) is 5.04. The van der Waals surface area contributed by atoms with Crippen LogP contribution in [0, 0.1) is 32.2 Å². The molecule has 11 heavy (non-hydrogen) atoms. The molecule has 0 saturated carbocycles. The molecule has 0 atom stereocenters. The van der Waals surface area contributed by atoms with Crippen molar-refractivity contribution in [3.63, 3.8) is 0 Å². The van der Waals surface area contributed by atoms with Crippen molar-refractivity contribution in [2.45, 2.75) is 20.8 Å². The summed E-state index contributed by atoms with van der Waals surface area (Å²) in [5.74, 6) is 0. The second-order valence-corrected chi connectivity index (χ2v) is 3.32. The Kier molecular flexibility index (Phi) is 2.18. The maximum atomic E-state index is 11.0. The van der Waals surface area contributed by atoms with E-state index in [-0.39, 0.29) is 0 Å². The second-order valence-electron chi connectivity index (χ2n) is 2.57. The van der Waals surface area contributed by atoms with Crippen LogP contribution in [0.1, 0.15) is 16.7 Å². The van der Waals surface area contributed by atoms with Crippen LogP contribution in [0.5, 0.6) is 0 Å². The summed E-state index contributed by atoms with van der Waals surface area (Å²) in [6.45, 7) is 5.77. The smallest absolute Gasteiger partial charge is 0.294 e. The first-order valence-corrected chi connectivity index (χ1v) is 4.11. The third kappa shape index (κ3) is 1.38. The summed E-state index contributed by atoms with van der Waals surface area (Å²) in [4.78, 5) is 0. The number of halogens is 1. The Morgan fingerprint density at radius 3 is 2.36 bits per heavy atom. The van der Waals surface area contributed by atoms with Crippen LogP contribution in [-0.2, 0) is 0 Å². The van der Waals surface area contributed by atoms with Gasteiger partial charge in [-0.2, -0.15) is 4.73 Å². The van der Waals surface area contributed by atoms with Crippen molar-refractivity contribution in [1.29, 1.82) is 0 Å². The van der Waals surface area contributed by atoms with Gasteiger partial charge in [-0.25, -0.2) is 0 Å². The van der Waals surface area contributed by atoms with Gasteiger partial charge in [-0.3, -0.25) is 0 Å². The van der Waals surface area contributed by atoms with Gasteiger partial charge >= 0.3 is 0 Å². The van der Waals surface area contributed by atoms with Gasteiger partial charge in [0.25, 0.3) is 10.8 Å². The highest BCUT2D eigenvalue weighted by atomic mass is 79.9. The molecule has 1 rings (SSSR count). The summed E-state index contributed by atoms with van der Waals surface area (Å²) < 4.78 is 1.28. The number of hydrogen-bond acceptors (Lipinski definition) is 1. The van der Waals surface area contributed by atoms with Crippen molar-refractivity contribution in [1.82, 2.24) is 0 Å². The molecule has 0 aromatic carbocycles. The van der Waals surface area contributed by atoms with Gasteiger partial charge in [-0.1, -0.05) is 0 Å². The maximum Gasteiger partial charge on any atom is 0.294 e. The number of aryl methyl sites for hydroxylation is 1. The van der Waals surface area contributed by atoms with Crippen molar-refractivity contribution >= 4 is 15.9 Å². The van der Waals surface area contributed by atoms with Crippen molar-refractivity contribution < 1.29 is 4.73 Å². The predicted octanol–water partition coefficient (Wildman–Crippen LogP) is 1.81. The Hall–Kier alpha value is -0.570. The molecule has 0 aliphatic heterocycles. The van der Waals surface area contributed by atoms with Gasteiger partial charge in [-0.05, 0) is 26.3 Å². The highest BCUT2D eigenvalue weighted by molar-refractivity contribution is 9.10. The lowest BCUT2D eigenvalue weighted by Crippen LogP contribution is -2.30. The zero-order valence-electron chi connectivity index (χ0n) is 6.73. The molecule has 0 amide bonds. The van der Waals surface area contributed by atoms with Crippen LogP contribution in [0.2, 0.25) is 0 Å². The first-order valence-electron chi connectivity index (χ1n) is 3.32. The average Bonchev–Trinajstić information content (AvgIpc) is 1.97.